The highest BCUT2D eigenvalue weighted by atomic mass is 16.6. The third-order valence-corrected chi connectivity index (χ3v) is 3.49. The Labute approximate surface area is 126 Å². The van der Waals surface area contributed by atoms with Crippen LogP contribution in [0.5, 0.6) is 0 Å². The molecule has 0 bridgehead atoms. The average Bonchev–Trinajstić information content (AvgIpc) is 2.50. The standard InChI is InChI=1S/C15H24N4O2/c1-3-16-14-6-5-13(11-17-14)12-18-7-9-19(10-8-18)15(20)21-4-2/h5-6,11H,3-4,7-10,12H2,1-2H3,(H,16,17). The van der Waals surface area contributed by atoms with E-state index >= 15 is 0 Å². The SMILES string of the molecule is CCNc1ccc(CN2CCN(C(=O)OCC)CC2)cn1. The third-order valence-electron chi connectivity index (χ3n) is 3.49. The molecule has 6 heteroatoms. The predicted molar refractivity (Wildman–Crippen MR) is 82.3 cm³/mol. The van der Waals surface area contributed by atoms with Crippen molar-refractivity contribution in [1.82, 2.24) is 14.8 Å². The first kappa shape index (κ1) is 15.6. The van der Waals surface area contributed by atoms with Crippen molar-refractivity contribution in [2.75, 3.05) is 44.6 Å². The van der Waals surface area contributed by atoms with Gasteiger partial charge in [-0.2, -0.15) is 0 Å². The Morgan fingerprint density at radius 3 is 2.62 bits per heavy atom. The van der Waals surface area contributed by atoms with Crippen LogP contribution in [0.25, 0.3) is 0 Å². The quantitative estimate of drug-likeness (QED) is 0.896. The molecule has 2 heterocycles. The lowest BCUT2D eigenvalue weighted by atomic mass is 10.2. The Morgan fingerprint density at radius 2 is 2.05 bits per heavy atom. The Bertz CT molecular complexity index is 441. The second-order valence-corrected chi connectivity index (χ2v) is 5.04. The van der Waals surface area contributed by atoms with Gasteiger partial charge in [0, 0.05) is 45.5 Å². The predicted octanol–water partition coefficient (Wildman–Crippen LogP) is 1.79. The smallest absolute Gasteiger partial charge is 0.409 e. The summed E-state index contributed by atoms with van der Waals surface area (Å²) in [6, 6.07) is 4.11. The summed E-state index contributed by atoms with van der Waals surface area (Å²) < 4.78 is 5.02. The molecule has 0 atom stereocenters. The number of hydrogen-bond acceptors (Lipinski definition) is 5. The van der Waals surface area contributed by atoms with Gasteiger partial charge in [0.05, 0.1) is 6.61 Å². The molecule has 1 saturated heterocycles. The second kappa shape index (κ2) is 7.83. The summed E-state index contributed by atoms with van der Waals surface area (Å²) >= 11 is 0. The Morgan fingerprint density at radius 1 is 1.29 bits per heavy atom. The van der Waals surface area contributed by atoms with Crippen LogP contribution in [0.2, 0.25) is 0 Å². The average molecular weight is 292 g/mol. The number of anilines is 1. The van der Waals surface area contributed by atoms with Gasteiger partial charge in [0.15, 0.2) is 0 Å². The molecule has 1 fully saturated rings. The van der Waals surface area contributed by atoms with Gasteiger partial charge >= 0.3 is 6.09 Å². The summed E-state index contributed by atoms with van der Waals surface area (Å²) in [6.45, 7) is 9.25. The second-order valence-electron chi connectivity index (χ2n) is 5.04. The maximum atomic E-state index is 11.6. The first-order valence-corrected chi connectivity index (χ1v) is 7.55. The van der Waals surface area contributed by atoms with Crippen LogP contribution in [-0.2, 0) is 11.3 Å². The van der Waals surface area contributed by atoms with Gasteiger partial charge in [-0.15, -0.1) is 0 Å². The van der Waals surface area contributed by atoms with Gasteiger partial charge in [-0.05, 0) is 25.5 Å². The molecule has 0 unspecified atom stereocenters. The number of nitrogens with zero attached hydrogens (tertiary/aromatic N) is 3. The van der Waals surface area contributed by atoms with Crippen LogP contribution in [0.15, 0.2) is 18.3 Å². The molecule has 6 nitrogen and oxygen atoms in total. The van der Waals surface area contributed by atoms with Crippen molar-refractivity contribution in [3.05, 3.63) is 23.9 Å². The molecule has 1 aromatic heterocycles. The summed E-state index contributed by atoms with van der Waals surface area (Å²) in [5, 5.41) is 3.19. The maximum Gasteiger partial charge on any atom is 0.409 e. The number of rotatable bonds is 5. The molecular formula is C15H24N4O2. The van der Waals surface area contributed by atoms with Crippen LogP contribution in [0.1, 0.15) is 19.4 Å². The van der Waals surface area contributed by atoms with Crippen molar-refractivity contribution >= 4 is 11.9 Å². The van der Waals surface area contributed by atoms with Gasteiger partial charge in [-0.3, -0.25) is 4.90 Å². The number of aromatic nitrogens is 1. The third kappa shape index (κ3) is 4.60. The van der Waals surface area contributed by atoms with E-state index < -0.39 is 0 Å². The van der Waals surface area contributed by atoms with Gasteiger partial charge in [-0.25, -0.2) is 9.78 Å². The van der Waals surface area contributed by atoms with E-state index in [4.69, 9.17) is 4.74 Å². The normalized spacial score (nSPS) is 15.8. The fourth-order valence-electron chi connectivity index (χ4n) is 2.37. The molecule has 0 aliphatic carbocycles. The minimum atomic E-state index is -0.200. The lowest BCUT2D eigenvalue weighted by molar-refractivity contribution is 0.0778. The van der Waals surface area contributed by atoms with E-state index in [-0.39, 0.29) is 6.09 Å². The van der Waals surface area contributed by atoms with Crippen molar-refractivity contribution in [3.63, 3.8) is 0 Å². The largest absolute Gasteiger partial charge is 0.450 e. The van der Waals surface area contributed by atoms with Gasteiger partial charge < -0.3 is 15.0 Å². The van der Waals surface area contributed by atoms with E-state index in [1.54, 1.807) is 4.90 Å². The summed E-state index contributed by atoms with van der Waals surface area (Å²) in [5.41, 5.74) is 1.20. The number of nitrogens with one attached hydrogen (secondary N) is 1. The Hall–Kier alpha value is -1.82. The van der Waals surface area contributed by atoms with E-state index in [1.165, 1.54) is 5.56 Å². The molecule has 2 rings (SSSR count). The molecule has 1 aliphatic heterocycles. The molecule has 0 radical (unpaired) electrons. The first-order chi connectivity index (χ1) is 10.2. The molecule has 21 heavy (non-hydrogen) atoms. The maximum absolute atomic E-state index is 11.6. The molecular weight excluding hydrogens is 268 g/mol. The number of hydrogen-bond donors (Lipinski definition) is 1. The summed E-state index contributed by atoms with van der Waals surface area (Å²) in [7, 11) is 0. The van der Waals surface area contributed by atoms with Crippen molar-refractivity contribution in [2.45, 2.75) is 20.4 Å². The fraction of sp³-hybridized carbons (Fsp3) is 0.600. The zero-order valence-electron chi connectivity index (χ0n) is 12.8. The van der Waals surface area contributed by atoms with Crippen molar-refractivity contribution < 1.29 is 9.53 Å². The van der Waals surface area contributed by atoms with Gasteiger partial charge in [0.1, 0.15) is 5.82 Å². The van der Waals surface area contributed by atoms with Crippen LogP contribution in [0, 0.1) is 0 Å². The van der Waals surface area contributed by atoms with Crippen molar-refractivity contribution in [1.29, 1.82) is 0 Å². The van der Waals surface area contributed by atoms with Gasteiger partial charge in [0.25, 0.3) is 0 Å². The molecule has 1 amide bonds. The molecule has 116 valence electrons. The topological polar surface area (TPSA) is 57.7 Å². The molecule has 0 aromatic carbocycles. The minimum absolute atomic E-state index is 0.200. The van der Waals surface area contributed by atoms with Crippen LogP contribution < -0.4 is 5.32 Å². The number of pyridine rings is 1. The van der Waals surface area contributed by atoms with E-state index in [1.807, 2.05) is 19.2 Å². The summed E-state index contributed by atoms with van der Waals surface area (Å²) in [4.78, 5) is 20.1. The number of carbonyl (C=O) groups is 1. The molecule has 0 spiro atoms. The minimum Gasteiger partial charge on any atom is -0.450 e. The van der Waals surface area contributed by atoms with E-state index in [0.29, 0.717) is 6.61 Å². The van der Waals surface area contributed by atoms with E-state index in [2.05, 4.69) is 28.2 Å². The molecule has 1 aromatic rings. The van der Waals surface area contributed by atoms with Crippen molar-refractivity contribution in [2.24, 2.45) is 0 Å². The van der Waals surface area contributed by atoms with Crippen molar-refractivity contribution in [3.8, 4) is 0 Å². The summed E-state index contributed by atoms with van der Waals surface area (Å²) in [5.74, 6) is 0.911. The zero-order valence-corrected chi connectivity index (χ0v) is 12.8. The highest BCUT2D eigenvalue weighted by Crippen LogP contribution is 2.10. The van der Waals surface area contributed by atoms with Crippen LogP contribution in [0.4, 0.5) is 10.6 Å². The lowest BCUT2D eigenvalue weighted by Crippen LogP contribution is -2.48. The van der Waals surface area contributed by atoms with Crippen LogP contribution in [-0.4, -0.2) is 60.2 Å². The number of ether oxygens (including phenoxy) is 1. The van der Waals surface area contributed by atoms with Crippen LogP contribution in [0.3, 0.4) is 0 Å². The number of piperazine rings is 1. The first-order valence-electron chi connectivity index (χ1n) is 7.55. The van der Waals surface area contributed by atoms with E-state index in [9.17, 15) is 4.79 Å². The van der Waals surface area contributed by atoms with Gasteiger partial charge in [0.2, 0.25) is 0 Å². The fourth-order valence-corrected chi connectivity index (χ4v) is 2.37. The zero-order chi connectivity index (χ0) is 15.1. The number of carbonyl (C=O) groups excluding carboxylic acids is 1. The molecule has 0 saturated carbocycles. The van der Waals surface area contributed by atoms with Crippen LogP contribution >= 0.6 is 0 Å². The highest BCUT2D eigenvalue weighted by Gasteiger charge is 2.21. The van der Waals surface area contributed by atoms with E-state index in [0.717, 1.165) is 45.1 Å². The Balaban J connectivity index is 1.79. The molecule has 1 aliphatic rings. The number of amides is 1. The monoisotopic (exact) mass is 292 g/mol. The summed E-state index contributed by atoms with van der Waals surface area (Å²) in [6.07, 6.45) is 1.71. The van der Waals surface area contributed by atoms with Gasteiger partial charge in [-0.1, -0.05) is 6.07 Å². The lowest BCUT2D eigenvalue weighted by Gasteiger charge is -2.33. The Kier molecular flexibility index (Phi) is 5.80. The molecule has 1 N–H and O–H groups in total. The highest BCUT2D eigenvalue weighted by molar-refractivity contribution is 5.67.